The van der Waals surface area contributed by atoms with Crippen molar-refractivity contribution in [3.63, 3.8) is 0 Å². The minimum Gasteiger partial charge on any atom is -0.338 e. The highest BCUT2D eigenvalue weighted by Crippen LogP contribution is 2.30. The smallest absolute Gasteiger partial charge is 0.242 e. The summed E-state index contributed by atoms with van der Waals surface area (Å²) in [4.78, 5) is 34.5. The summed E-state index contributed by atoms with van der Waals surface area (Å²) in [7, 11) is 1.78. The number of hydrogen-bond donors (Lipinski definition) is 0. The third-order valence-corrected chi connectivity index (χ3v) is 5.83. The van der Waals surface area contributed by atoms with Crippen LogP contribution in [0.4, 0.5) is 5.13 Å². The molecular formula is C16H24N4O2S. The monoisotopic (exact) mass is 336 g/mol. The zero-order valence-corrected chi connectivity index (χ0v) is 14.6. The molecule has 2 amide bonds. The lowest BCUT2D eigenvalue weighted by atomic mass is 10.0. The maximum Gasteiger partial charge on any atom is 0.242 e. The molecule has 0 aliphatic carbocycles. The summed E-state index contributed by atoms with van der Waals surface area (Å²) in [5.41, 5.74) is 0. The van der Waals surface area contributed by atoms with E-state index in [2.05, 4.69) is 9.88 Å². The van der Waals surface area contributed by atoms with Crippen LogP contribution in [0.1, 0.15) is 32.6 Å². The van der Waals surface area contributed by atoms with Crippen LogP contribution < -0.4 is 4.90 Å². The Labute approximate surface area is 141 Å². The summed E-state index contributed by atoms with van der Waals surface area (Å²) in [6.45, 7) is 3.85. The summed E-state index contributed by atoms with van der Waals surface area (Å²) in [5.74, 6) is 0.227. The Kier molecular flexibility index (Phi) is 4.96. The predicted molar refractivity (Wildman–Crippen MR) is 90.5 cm³/mol. The third kappa shape index (κ3) is 3.40. The number of likely N-dealkylation sites (tertiary alicyclic amines) is 2. The first kappa shape index (κ1) is 16.4. The molecule has 0 radical (unpaired) electrons. The van der Waals surface area contributed by atoms with Gasteiger partial charge in [-0.05, 0) is 32.2 Å². The van der Waals surface area contributed by atoms with E-state index >= 15 is 0 Å². The van der Waals surface area contributed by atoms with Gasteiger partial charge in [-0.15, -0.1) is 11.3 Å². The lowest BCUT2D eigenvalue weighted by Crippen LogP contribution is -2.50. The van der Waals surface area contributed by atoms with E-state index in [0.29, 0.717) is 12.6 Å². The van der Waals surface area contributed by atoms with Crippen LogP contribution in [0.2, 0.25) is 0 Å². The molecule has 2 fully saturated rings. The summed E-state index contributed by atoms with van der Waals surface area (Å²) in [5, 5.41) is 2.61. The van der Waals surface area contributed by atoms with E-state index in [1.165, 1.54) is 11.3 Å². The summed E-state index contributed by atoms with van der Waals surface area (Å²) in [6.07, 6.45) is 6.01. The Morgan fingerprint density at radius 1 is 1.30 bits per heavy atom. The molecule has 0 saturated carbocycles. The van der Waals surface area contributed by atoms with Crippen molar-refractivity contribution in [2.75, 3.05) is 31.6 Å². The lowest BCUT2D eigenvalue weighted by molar-refractivity contribution is -0.130. The molecule has 2 aliphatic rings. The van der Waals surface area contributed by atoms with Crippen LogP contribution >= 0.6 is 11.3 Å². The summed E-state index contributed by atoms with van der Waals surface area (Å²) >= 11 is 1.47. The van der Waals surface area contributed by atoms with Crippen LogP contribution in [-0.4, -0.2) is 65.4 Å². The second-order valence-electron chi connectivity index (χ2n) is 6.37. The predicted octanol–water partition coefficient (Wildman–Crippen LogP) is 1.58. The molecule has 0 unspecified atom stereocenters. The first-order valence-corrected chi connectivity index (χ1v) is 9.13. The first-order chi connectivity index (χ1) is 11.1. The average molecular weight is 336 g/mol. The molecule has 0 aromatic carbocycles. The highest BCUT2D eigenvalue weighted by Gasteiger charge is 2.39. The van der Waals surface area contributed by atoms with Crippen LogP contribution in [0.5, 0.6) is 0 Å². The fourth-order valence-corrected chi connectivity index (χ4v) is 4.46. The SMILES string of the molecule is CC(=O)N1CCC[C@H]1[C@H]1CCCN1CC(=O)N(C)c1nccs1. The van der Waals surface area contributed by atoms with Crippen LogP contribution in [0.25, 0.3) is 0 Å². The van der Waals surface area contributed by atoms with E-state index in [9.17, 15) is 9.59 Å². The van der Waals surface area contributed by atoms with Crippen LogP contribution in [0, 0.1) is 0 Å². The third-order valence-electron chi connectivity index (χ3n) is 4.98. The Morgan fingerprint density at radius 3 is 2.74 bits per heavy atom. The molecule has 0 bridgehead atoms. The van der Waals surface area contributed by atoms with Crippen molar-refractivity contribution in [2.24, 2.45) is 0 Å². The molecule has 3 rings (SSSR count). The van der Waals surface area contributed by atoms with Gasteiger partial charge in [0.15, 0.2) is 5.13 Å². The highest BCUT2D eigenvalue weighted by atomic mass is 32.1. The number of nitrogens with zero attached hydrogens (tertiary/aromatic N) is 4. The Balaban J connectivity index is 1.65. The Morgan fingerprint density at radius 2 is 2.04 bits per heavy atom. The molecule has 126 valence electrons. The van der Waals surface area contributed by atoms with Gasteiger partial charge < -0.3 is 4.90 Å². The van der Waals surface area contributed by atoms with Gasteiger partial charge >= 0.3 is 0 Å². The lowest BCUT2D eigenvalue weighted by Gasteiger charge is -2.34. The largest absolute Gasteiger partial charge is 0.338 e. The topological polar surface area (TPSA) is 56.8 Å². The van der Waals surface area contributed by atoms with Crippen molar-refractivity contribution in [3.8, 4) is 0 Å². The molecule has 6 nitrogen and oxygen atoms in total. The van der Waals surface area contributed by atoms with Gasteiger partial charge in [0.25, 0.3) is 0 Å². The number of amides is 2. The molecule has 2 saturated heterocycles. The molecule has 1 aromatic heterocycles. The average Bonchev–Trinajstić information content (AvgIpc) is 3.26. The number of carbonyl (C=O) groups is 2. The maximum atomic E-state index is 12.5. The molecule has 0 spiro atoms. The second kappa shape index (κ2) is 6.97. The molecule has 23 heavy (non-hydrogen) atoms. The van der Waals surface area contributed by atoms with E-state index < -0.39 is 0 Å². The van der Waals surface area contributed by atoms with Crippen molar-refractivity contribution >= 4 is 28.3 Å². The normalized spacial score (nSPS) is 25.0. The fraction of sp³-hybridized carbons (Fsp3) is 0.688. The zero-order chi connectivity index (χ0) is 16.4. The van der Waals surface area contributed by atoms with Crippen molar-refractivity contribution in [1.82, 2.24) is 14.8 Å². The minimum atomic E-state index is 0.0687. The number of rotatable bonds is 4. The van der Waals surface area contributed by atoms with Gasteiger partial charge in [-0.25, -0.2) is 4.98 Å². The van der Waals surface area contributed by atoms with Crippen LogP contribution in [-0.2, 0) is 9.59 Å². The second-order valence-corrected chi connectivity index (χ2v) is 7.24. The van der Waals surface area contributed by atoms with Gasteiger partial charge in [0, 0.05) is 44.2 Å². The quantitative estimate of drug-likeness (QED) is 0.838. The summed E-state index contributed by atoms with van der Waals surface area (Å²) in [6, 6.07) is 0.586. The van der Waals surface area contributed by atoms with E-state index in [1.807, 2.05) is 10.3 Å². The maximum absolute atomic E-state index is 12.5. The van der Waals surface area contributed by atoms with Crippen LogP contribution in [0.15, 0.2) is 11.6 Å². The molecule has 2 atom stereocenters. The van der Waals surface area contributed by atoms with Gasteiger partial charge in [0.2, 0.25) is 11.8 Å². The number of likely N-dealkylation sites (N-methyl/N-ethyl adjacent to an activating group) is 1. The molecule has 0 N–H and O–H groups in total. The van der Waals surface area contributed by atoms with Crippen molar-refractivity contribution in [2.45, 2.75) is 44.7 Å². The number of hydrogen-bond acceptors (Lipinski definition) is 5. The Bertz CT molecular complexity index is 562. The van der Waals surface area contributed by atoms with Crippen molar-refractivity contribution in [3.05, 3.63) is 11.6 Å². The molecule has 1 aromatic rings. The van der Waals surface area contributed by atoms with E-state index in [-0.39, 0.29) is 17.9 Å². The van der Waals surface area contributed by atoms with Gasteiger partial charge in [0.05, 0.1) is 6.54 Å². The van der Waals surface area contributed by atoms with Gasteiger partial charge in [-0.1, -0.05) is 0 Å². The van der Waals surface area contributed by atoms with Gasteiger partial charge in [0.1, 0.15) is 0 Å². The number of anilines is 1. The fourth-order valence-electron chi connectivity index (χ4n) is 3.84. The van der Waals surface area contributed by atoms with E-state index in [4.69, 9.17) is 0 Å². The zero-order valence-electron chi connectivity index (χ0n) is 13.8. The molecule has 7 heteroatoms. The molecule has 2 aliphatic heterocycles. The molecular weight excluding hydrogens is 312 g/mol. The highest BCUT2D eigenvalue weighted by molar-refractivity contribution is 7.13. The van der Waals surface area contributed by atoms with Crippen molar-refractivity contribution in [1.29, 1.82) is 0 Å². The van der Waals surface area contributed by atoms with Crippen LogP contribution in [0.3, 0.4) is 0 Å². The first-order valence-electron chi connectivity index (χ1n) is 8.25. The molecule has 3 heterocycles. The van der Waals surface area contributed by atoms with E-state index in [0.717, 1.165) is 43.9 Å². The number of carbonyl (C=O) groups excluding carboxylic acids is 2. The van der Waals surface area contributed by atoms with Gasteiger partial charge in [-0.2, -0.15) is 0 Å². The number of aromatic nitrogens is 1. The standard InChI is InChI=1S/C16H24N4O2S/c1-12(21)20-9-4-6-14(20)13-5-3-8-19(13)11-15(22)18(2)16-17-7-10-23-16/h7,10,13-14H,3-6,8-9,11H2,1-2H3/t13-,14+/m1/s1. The minimum absolute atomic E-state index is 0.0687. The van der Waals surface area contributed by atoms with E-state index in [1.54, 1.807) is 25.1 Å². The number of thiazole rings is 1. The van der Waals surface area contributed by atoms with Gasteiger partial charge in [-0.3, -0.25) is 19.4 Å². The summed E-state index contributed by atoms with van der Waals surface area (Å²) < 4.78 is 0. The van der Waals surface area contributed by atoms with Crippen molar-refractivity contribution < 1.29 is 9.59 Å². The Hall–Kier alpha value is -1.47.